The highest BCUT2D eigenvalue weighted by atomic mass is 79.9. The van der Waals surface area contributed by atoms with Gasteiger partial charge in [0.1, 0.15) is 5.41 Å². The highest BCUT2D eigenvalue weighted by molar-refractivity contribution is 9.10. The van der Waals surface area contributed by atoms with Crippen molar-refractivity contribution < 1.29 is 4.79 Å². The molecule has 0 unspecified atom stereocenters. The van der Waals surface area contributed by atoms with Crippen molar-refractivity contribution in [3.63, 3.8) is 0 Å². The van der Waals surface area contributed by atoms with E-state index in [1.165, 1.54) is 0 Å². The van der Waals surface area contributed by atoms with Gasteiger partial charge in [-0.05, 0) is 48.3 Å². The molecule has 3 nitrogen and oxygen atoms in total. The second kappa shape index (κ2) is 4.67. The third kappa shape index (κ3) is 2.61. The first kappa shape index (κ1) is 12.7. The van der Waals surface area contributed by atoms with Crippen LogP contribution >= 0.6 is 15.9 Å². The Bertz CT molecular complexity index is 461. The molecule has 0 saturated heterocycles. The molecular weight excluding hydrogens is 268 g/mol. The molecule has 1 N–H and O–H groups in total. The van der Waals surface area contributed by atoms with Gasteiger partial charge in [0, 0.05) is 4.47 Å². The number of aryl methyl sites for hydroxylation is 1. The van der Waals surface area contributed by atoms with E-state index < -0.39 is 5.41 Å². The number of carbonyl (C=O) groups excluding carboxylic acids is 1. The molecule has 0 bridgehead atoms. The van der Waals surface area contributed by atoms with Gasteiger partial charge in [-0.15, -0.1) is 0 Å². The lowest BCUT2D eigenvalue weighted by Crippen LogP contribution is -2.29. The van der Waals surface area contributed by atoms with Gasteiger partial charge in [0.2, 0.25) is 5.91 Å². The molecule has 0 radical (unpaired) electrons. The van der Waals surface area contributed by atoms with Gasteiger partial charge in [-0.3, -0.25) is 4.79 Å². The molecule has 0 fully saturated rings. The van der Waals surface area contributed by atoms with Gasteiger partial charge in [0.25, 0.3) is 0 Å². The second-order valence-corrected chi connectivity index (χ2v) is 4.92. The molecule has 0 aromatic heterocycles. The number of benzene rings is 1. The third-order valence-electron chi connectivity index (χ3n) is 2.29. The fourth-order valence-corrected chi connectivity index (χ4v) is 1.44. The molecule has 1 rings (SSSR count). The number of carbonyl (C=O) groups is 1. The molecule has 1 amide bonds. The van der Waals surface area contributed by atoms with Crippen LogP contribution in [0.4, 0.5) is 5.69 Å². The summed E-state index contributed by atoms with van der Waals surface area (Å²) in [4.78, 5) is 11.8. The average molecular weight is 281 g/mol. The topological polar surface area (TPSA) is 52.9 Å². The first-order valence-electron chi connectivity index (χ1n) is 4.86. The van der Waals surface area contributed by atoms with E-state index in [2.05, 4.69) is 21.2 Å². The summed E-state index contributed by atoms with van der Waals surface area (Å²) in [6, 6.07) is 7.56. The Hall–Kier alpha value is -1.34. The highest BCUT2D eigenvalue weighted by Gasteiger charge is 2.27. The predicted molar refractivity (Wildman–Crippen MR) is 66.9 cm³/mol. The molecular formula is C12H13BrN2O. The zero-order valence-corrected chi connectivity index (χ0v) is 11.1. The van der Waals surface area contributed by atoms with E-state index in [9.17, 15) is 4.79 Å². The first-order valence-corrected chi connectivity index (χ1v) is 5.65. The molecule has 0 saturated carbocycles. The lowest BCUT2D eigenvalue weighted by Gasteiger charge is -2.16. The monoisotopic (exact) mass is 280 g/mol. The number of hydrogen-bond donors (Lipinski definition) is 1. The van der Waals surface area contributed by atoms with Gasteiger partial charge >= 0.3 is 0 Å². The van der Waals surface area contributed by atoms with Crippen LogP contribution in [0.25, 0.3) is 0 Å². The summed E-state index contributed by atoms with van der Waals surface area (Å²) in [6.45, 7) is 5.12. The molecule has 16 heavy (non-hydrogen) atoms. The SMILES string of the molecule is Cc1cccc(NC(=O)C(C)(C)C#N)c1Br. The Morgan fingerprint density at radius 2 is 2.12 bits per heavy atom. The summed E-state index contributed by atoms with van der Waals surface area (Å²) in [5.41, 5.74) is 0.698. The zero-order valence-electron chi connectivity index (χ0n) is 9.47. The van der Waals surface area contributed by atoms with Crippen LogP contribution < -0.4 is 5.32 Å². The van der Waals surface area contributed by atoms with Gasteiger partial charge in [-0.25, -0.2) is 0 Å². The van der Waals surface area contributed by atoms with Crippen molar-refractivity contribution in [3.05, 3.63) is 28.2 Å². The van der Waals surface area contributed by atoms with Crippen LogP contribution in [-0.2, 0) is 4.79 Å². The first-order chi connectivity index (χ1) is 7.38. The molecule has 0 aliphatic carbocycles. The number of rotatable bonds is 2. The molecule has 0 heterocycles. The van der Waals surface area contributed by atoms with E-state index >= 15 is 0 Å². The fraction of sp³-hybridized carbons (Fsp3) is 0.333. The number of hydrogen-bond acceptors (Lipinski definition) is 2. The van der Waals surface area contributed by atoms with Crippen molar-refractivity contribution in [1.82, 2.24) is 0 Å². The van der Waals surface area contributed by atoms with Crippen LogP contribution in [0, 0.1) is 23.7 Å². The summed E-state index contributed by atoms with van der Waals surface area (Å²) in [5.74, 6) is -0.304. The summed E-state index contributed by atoms with van der Waals surface area (Å²) in [5, 5.41) is 11.6. The van der Waals surface area contributed by atoms with E-state index in [0.717, 1.165) is 10.0 Å². The van der Waals surface area contributed by atoms with Gasteiger partial charge in [-0.1, -0.05) is 12.1 Å². The quantitative estimate of drug-likeness (QED) is 0.904. The molecule has 1 aromatic rings. The summed E-state index contributed by atoms with van der Waals surface area (Å²) in [6.07, 6.45) is 0. The van der Waals surface area contributed by atoms with Crippen LogP contribution in [0.3, 0.4) is 0 Å². The number of nitriles is 1. The van der Waals surface area contributed by atoms with Crippen LogP contribution in [0.5, 0.6) is 0 Å². The molecule has 84 valence electrons. The fourth-order valence-electron chi connectivity index (χ4n) is 1.07. The van der Waals surface area contributed by atoms with E-state index in [1.54, 1.807) is 19.9 Å². The number of amides is 1. The van der Waals surface area contributed by atoms with Crippen LogP contribution in [0.1, 0.15) is 19.4 Å². The predicted octanol–water partition coefficient (Wildman–Crippen LogP) is 3.25. The van der Waals surface area contributed by atoms with Crippen LogP contribution in [-0.4, -0.2) is 5.91 Å². The van der Waals surface area contributed by atoms with Crippen molar-refractivity contribution in [2.45, 2.75) is 20.8 Å². The summed E-state index contributed by atoms with van der Waals surface area (Å²) >= 11 is 3.40. The Labute approximate surface area is 104 Å². The Morgan fingerprint density at radius 1 is 1.50 bits per heavy atom. The Kier molecular flexibility index (Phi) is 3.71. The lowest BCUT2D eigenvalue weighted by molar-refractivity contribution is -0.121. The number of nitrogens with zero attached hydrogens (tertiary/aromatic N) is 1. The number of nitrogens with one attached hydrogen (secondary N) is 1. The maximum Gasteiger partial charge on any atom is 0.244 e. The lowest BCUT2D eigenvalue weighted by atomic mass is 9.94. The van der Waals surface area contributed by atoms with E-state index in [-0.39, 0.29) is 5.91 Å². The van der Waals surface area contributed by atoms with E-state index in [4.69, 9.17) is 5.26 Å². The van der Waals surface area contributed by atoms with Gasteiger partial charge in [-0.2, -0.15) is 5.26 Å². The maximum absolute atomic E-state index is 11.8. The minimum Gasteiger partial charge on any atom is -0.324 e. The Balaban J connectivity index is 2.95. The average Bonchev–Trinajstić information content (AvgIpc) is 2.24. The summed E-state index contributed by atoms with van der Waals surface area (Å²) in [7, 11) is 0. The zero-order chi connectivity index (χ0) is 12.3. The molecule has 1 aromatic carbocycles. The van der Waals surface area contributed by atoms with Gasteiger partial charge in [0.15, 0.2) is 0 Å². The summed E-state index contributed by atoms with van der Waals surface area (Å²) < 4.78 is 0.845. The van der Waals surface area contributed by atoms with E-state index in [1.807, 2.05) is 25.1 Å². The van der Waals surface area contributed by atoms with Crippen molar-refractivity contribution in [1.29, 1.82) is 5.26 Å². The van der Waals surface area contributed by atoms with Gasteiger partial charge in [0.05, 0.1) is 11.8 Å². The largest absolute Gasteiger partial charge is 0.324 e. The standard InChI is InChI=1S/C12H13BrN2O/c1-8-5-4-6-9(10(8)13)15-11(16)12(2,3)7-14/h4-6H,1-3H3,(H,15,16). The molecule has 0 atom stereocenters. The molecule has 4 heteroatoms. The normalized spacial score (nSPS) is 10.7. The van der Waals surface area contributed by atoms with Crippen LogP contribution in [0.2, 0.25) is 0 Å². The second-order valence-electron chi connectivity index (χ2n) is 4.13. The highest BCUT2D eigenvalue weighted by Crippen LogP contribution is 2.27. The van der Waals surface area contributed by atoms with Crippen molar-refractivity contribution in [2.24, 2.45) is 5.41 Å². The third-order valence-corrected chi connectivity index (χ3v) is 3.34. The van der Waals surface area contributed by atoms with E-state index in [0.29, 0.717) is 5.69 Å². The van der Waals surface area contributed by atoms with Crippen molar-refractivity contribution in [3.8, 4) is 6.07 Å². The van der Waals surface area contributed by atoms with Gasteiger partial charge < -0.3 is 5.32 Å². The Morgan fingerprint density at radius 3 is 2.69 bits per heavy atom. The molecule has 0 spiro atoms. The number of halogens is 1. The molecule has 0 aliphatic rings. The van der Waals surface area contributed by atoms with Crippen LogP contribution in [0.15, 0.2) is 22.7 Å². The van der Waals surface area contributed by atoms with Crippen molar-refractivity contribution >= 4 is 27.5 Å². The maximum atomic E-state index is 11.8. The van der Waals surface area contributed by atoms with Crippen molar-refractivity contribution in [2.75, 3.05) is 5.32 Å². The minimum absolute atomic E-state index is 0.304. The number of anilines is 1. The minimum atomic E-state index is -1.02. The molecule has 0 aliphatic heterocycles. The smallest absolute Gasteiger partial charge is 0.244 e.